The number of aromatic hydroxyl groups is 1. The SMILES string of the molecule is O=C(O)Cc1ccc(Sc2ccc(I)cc2)c(O)c1. The Labute approximate surface area is 128 Å². The summed E-state index contributed by atoms with van der Waals surface area (Å²) >= 11 is 3.69. The second kappa shape index (κ2) is 6.29. The van der Waals surface area contributed by atoms with Gasteiger partial charge in [0, 0.05) is 8.47 Å². The average molecular weight is 386 g/mol. The highest BCUT2D eigenvalue weighted by Crippen LogP contribution is 2.35. The highest BCUT2D eigenvalue weighted by molar-refractivity contribution is 14.1. The van der Waals surface area contributed by atoms with Crippen molar-refractivity contribution in [2.75, 3.05) is 0 Å². The van der Waals surface area contributed by atoms with Crippen LogP contribution < -0.4 is 0 Å². The molecule has 2 aromatic rings. The Morgan fingerprint density at radius 2 is 1.84 bits per heavy atom. The maximum atomic E-state index is 10.6. The summed E-state index contributed by atoms with van der Waals surface area (Å²) in [6.07, 6.45) is -0.0813. The third-order valence-electron chi connectivity index (χ3n) is 2.42. The summed E-state index contributed by atoms with van der Waals surface area (Å²) in [4.78, 5) is 12.3. The lowest BCUT2D eigenvalue weighted by molar-refractivity contribution is -0.136. The molecule has 5 heteroatoms. The van der Waals surface area contributed by atoms with E-state index in [2.05, 4.69) is 22.6 Å². The van der Waals surface area contributed by atoms with Crippen LogP contribution in [0, 0.1) is 3.57 Å². The molecule has 0 aromatic heterocycles. The Morgan fingerprint density at radius 1 is 1.16 bits per heavy atom. The zero-order valence-electron chi connectivity index (χ0n) is 9.84. The summed E-state index contributed by atoms with van der Waals surface area (Å²) in [5.41, 5.74) is 0.594. The van der Waals surface area contributed by atoms with Gasteiger partial charge < -0.3 is 10.2 Å². The van der Waals surface area contributed by atoms with E-state index in [9.17, 15) is 9.90 Å². The minimum absolute atomic E-state index is 0.0813. The van der Waals surface area contributed by atoms with Crippen LogP contribution in [0.25, 0.3) is 0 Å². The van der Waals surface area contributed by atoms with Crippen LogP contribution in [0.15, 0.2) is 52.3 Å². The van der Waals surface area contributed by atoms with E-state index in [1.807, 2.05) is 24.3 Å². The monoisotopic (exact) mass is 386 g/mol. The number of benzene rings is 2. The number of phenolic OH excluding ortho intramolecular Hbond substituents is 1. The molecule has 98 valence electrons. The predicted octanol–water partition coefficient (Wildman–Crippen LogP) is 3.78. The van der Waals surface area contributed by atoms with Gasteiger partial charge in [-0.25, -0.2) is 0 Å². The Kier molecular flexibility index (Phi) is 4.71. The molecule has 19 heavy (non-hydrogen) atoms. The van der Waals surface area contributed by atoms with E-state index in [0.29, 0.717) is 5.56 Å². The number of aliphatic carboxylic acids is 1. The van der Waals surface area contributed by atoms with E-state index in [1.165, 1.54) is 17.8 Å². The van der Waals surface area contributed by atoms with Gasteiger partial charge in [-0.15, -0.1) is 0 Å². The molecule has 0 radical (unpaired) electrons. The third-order valence-corrected chi connectivity index (χ3v) is 4.21. The number of carboxylic acids is 1. The first-order chi connectivity index (χ1) is 9.04. The van der Waals surface area contributed by atoms with Gasteiger partial charge in [0.25, 0.3) is 0 Å². The van der Waals surface area contributed by atoms with Crippen LogP contribution in [-0.2, 0) is 11.2 Å². The Balaban J connectivity index is 2.17. The second-order valence-corrected chi connectivity index (χ2v) is 6.29. The molecule has 0 fully saturated rings. The lowest BCUT2D eigenvalue weighted by Crippen LogP contribution is -1.99. The van der Waals surface area contributed by atoms with Crippen LogP contribution >= 0.6 is 34.4 Å². The van der Waals surface area contributed by atoms with Crippen molar-refractivity contribution < 1.29 is 15.0 Å². The van der Waals surface area contributed by atoms with E-state index >= 15 is 0 Å². The van der Waals surface area contributed by atoms with Crippen molar-refractivity contribution in [2.45, 2.75) is 16.2 Å². The van der Waals surface area contributed by atoms with Gasteiger partial charge in [0.05, 0.1) is 11.3 Å². The van der Waals surface area contributed by atoms with Crippen LogP contribution in [-0.4, -0.2) is 16.2 Å². The minimum atomic E-state index is -0.905. The van der Waals surface area contributed by atoms with Gasteiger partial charge in [-0.3, -0.25) is 4.79 Å². The van der Waals surface area contributed by atoms with Crippen LogP contribution in [0.5, 0.6) is 5.75 Å². The predicted molar refractivity (Wildman–Crippen MR) is 82.7 cm³/mol. The molecule has 3 nitrogen and oxygen atoms in total. The first-order valence-electron chi connectivity index (χ1n) is 5.52. The fraction of sp³-hybridized carbons (Fsp3) is 0.0714. The fourth-order valence-electron chi connectivity index (χ4n) is 1.56. The van der Waals surface area contributed by atoms with Crippen molar-refractivity contribution in [2.24, 2.45) is 0 Å². The molecule has 0 bridgehead atoms. The van der Waals surface area contributed by atoms with Gasteiger partial charge in [0.2, 0.25) is 0 Å². The first-order valence-corrected chi connectivity index (χ1v) is 7.41. The zero-order valence-corrected chi connectivity index (χ0v) is 12.8. The van der Waals surface area contributed by atoms with Crippen LogP contribution in [0.4, 0.5) is 0 Å². The molecule has 0 aliphatic rings. The molecule has 2 aromatic carbocycles. The fourth-order valence-corrected chi connectivity index (χ4v) is 2.75. The lowest BCUT2D eigenvalue weighted by Gasteiger charge is -2.06. The van der Waals surface area contributed by atoms with E-state index < -0.39 is 5.97 Å². The van der Waals surface area contributed by atoms with Gasteiger partial charge in [0.15, 0.2) is 0 Å². The quantitative estimate of drug-likeness (QED) is 0.786. The molecule has 0 unspecified atom stereocenters. The molecule has 0 saturated carbocycles. The normalized spacial score (nSPS) is 10.4. The number of hydrogen-bond donors (Lipinski definition) is 2. The minimum Gasteiger partial charge on any atom is -0.507 e. The number of rotatable bonds is 4. The molecule has 0 amide bonds. The molecule has 0 spiro atoms. The highest BCUT2D eigenvalue weighted by Gasteiger charge is 2.07. The third kappa shape index (κ3) is 4.14. The summed E-state index contributed by atoms with van der Waals surface area (Å²) in [7, 11) is 0. The maximum absolute atomic E-state index is 10.6. The number of hydrogen-bond acceptors (Lipinski definition) is 3. The molecule has 0 heterocycles. The molecular weight excluding hydrogens is 375 g/mol. The van der Waals surface area contributed by atoms with Gasteiger partial charge in [-0.1, -0.05) is 17.8 Å². The van der Waals surface area contributed by atoms with E-state index in [0.717, 1.165) is 13.4 Å². The molecule has 0 atom stereocenters. The van der Waals surface area contributed by atoms with E-state index in [-0.39, 0.29) is 12.2 Å². The summed E-state index contributed by atoms with van der Waals surface area (Å²) in [6, 6.07) is 12.9. The van der Waals surface area contributed by atoms with Crippen molar-refractivity contribution in [1.29, 1.82) is 0 Å². The average Bonchev–Trinajstić information content (AvgIpc) is 2.34. The number of halogens is 1. The standard InChI is InChI=1S/C14H11IO3S/c15-10-2-4-11(5-3-10)19-13-6-1-9(7-12(13)16)8-14(17)18/h1-7,16H,8H2,(H,17,18). The van der Waals surface area contributed by atoms with Crippen molar-refractivity contribution in [3.63, 3.8) is 0 Å². The molecular formula is C14H11IO3S. The van der Waals surface area contributed by atoms with Crippen LogP contribution in [0.2, 0.25) is 0 Å². The highest BCUT2D eigenvalue weighted by atomic mass is 127. The van der Waals surface area contributed by atoms with Crippen LogP contribution in [0.3, 0.4) is 0 Å². The van der Waals surface area contributed by atoms with Crippen LogP contribution in [0.1, 0.15) is 5.56 Å². The Morgan fingerprint density at radius 3 is 2.42 bits per heavy atom. The van der Waals surface area contributed by atoms with Crippen molar-refractivity contribution >= 4 is 40.3 Å². The first kappa shape index (κ1) is 14.2. The largest absolute Gasteiger partial charge is 0.507 e. The summed E-state index contributed by atoms with van der Waals surface area (Å²) < 4.78 is 1.16. The topological polar surface area (TPSA) is 57.5 Å². The van der Waals surface area contributed by atoms with Crippen molar-refractivity contribution in [3.05, 3.63) is 51.6 Å². The van der Waals surface area contributed by atoms with Gasteiger partial charge in [-0.2, -0.15) is 0 Å². The van der Waals surface area contributed by atoms with E-state index in [4.69, 9.17) is 5.11 Å². The molecule has 0 saturated heterocycles. The van der Waals surface area contributed by atoms with Gasteiger partial charge >= 0.3 is 5.97 Å². The summed E-state index contributed by atoms with van der Waals surface area (Å²) in [6.45, 7) is 0. The number of phenols is 1. The molecule has 2 N–H and O–H groups in total. The van der Waals surface area contributed by atoms with Gasteiger partial charge in [-0.05, 0) is 64.6 Å². The molecule has 0 aliphatic carbocycles. The summed E-state index contributed by atoms with van der Waals surface area (Å²) in [5, 5.41) is 18.6. The second-order valence-electron chi connectivity index (χ2n) is 3.93. The molecule has 0 aliphatic heterocycles. The molecule has 2 rings (SSSR count). The smallest absolute Gasteiger partial charge is 0.307 e. The Hall–Kier alpha value is -1.21. The Bertz CT molecular complexity index is 596. The van der Waals surface area contributed by atoms with E-state index in [1.54, 1.807) is 12.1 Å². The van der Waals surface area contributed by atoms with Crippen molar-refractivity contribution in [3.8, 4) is 5.75 Å². The maximum Gasteiger partial charge on any atom is 0.307 e. The zero-order chi connectivity index (χ0) is 13.8. The summed E-state index contributed by atoms with van der Waals surface area (Å²) in [5.74, 6) is -0.792. The lowest BCUT2D eigenvalue weighted by atomic mass is 10.1. The van der Waals surface area contributed by atoms with Crippen molar-refractivity contribution in [1.82, 2.24) is 0 Å². The number of carbonyl (C=O) groups is 1. The van der Waals surface area contributed by atoms with Gasteiger partial charge in [0.1, 0.15) is 5.75 Å². The number of carboxylic acid groups (broad SMARTS) is 1.